The van der Waals surface area contributed by atoms with E-state index in [0.717, 1.165) is 0 Å². The summed E-state index contributed by atoms with van der Waals surface area (Å²) in [5, 5.41) is 2.94. The molecule has 0 aromatic carbocycles. The van der Waals surface area contributed by atoms with Gasteiger partial charge in [-0.05, 0) is 12.2 Å². The van der Waals surface area contributed by atoms with Crippen molar-refractivity contribution in [3.05, 3.63) is 0 Å². The second kappa shape index (κ2) is 5.39. The third-order valence-corrected chi connectivity index (χ3v) is 2.98. The van der Waals surface area contributed by atoms with Gasteiger partial charge in [0.15, 0.2) is 0 Å². The van der Waals surface area contributed by atoms with E-state index >= 15 is 0 Å². The average molecular weight is 230 g/mol. The zero-order chi connectivity index (χ0) is 11.4. The van der Waals surface area contributed by atoms with E-state index in [-0.39, 0.29) is 17.1 Å². The SMILES string of the molecule is CSC(=O)N1CC(C(=O)NCC(C)C)C1. The molecule has 1 fully saturated rings. The monoisotopic (exact) mass is 230 g/mol. The van der Waals surface area contributed by atoms with Crippen molar-refractivity contribution in [2.24, 2.45) is 11.8 Å². The zero-order valence-corrected chi connectivity index (χ0v) is 10.3. The molecule has 0 aromatic heterocycles. The lowest BCUT2D eigenvalue weighted by Crippen LogP contribution is -2.55. The molecule has 0 unspecified atom stereocenters. The number of nitrogens with zero attached hydrogens (tertiary/aromatic N) is 1. The lowest BCUT2D eigenvalue weighted by molar-refractivity contribution is -0.128. The van der Waals surface area contributed by atoms with E-state index in [2.05, 4.69) is 19.2 Å². The van der Waals surface area contributed by atoms with Crippen molar-refractivity contribution in [3.8, 4) is 0 Å². The Kier molecular flexibility index (Phi) is 4.45. The molecule has 2 amide bonds. The molecule has 1 N–H and O–H groups in total. The first-order valence-corrected chi connectivity index (χ1v) is 6.37. The van der Waals surface area contributed by atoms with Gasteiger partial charge in [0.05, 0.1) is 5.92 Å². The minimum absolute atomic E-state index is 0.000139. The molecule has 0 bridgehead atoms. The Labute approximate surface area is 94.8 Å². The summed E-state index contributed by atoms with van der Waals surface area (Å²) in [4.78, 5) is 24.4. The van der Waals surface area contributed by atoms with E-state index in [4.69, 9.17) is 0 Å². The molecule has 0 aromatic rings. The molecule has 0 aliphatic carbocycles. The predicted octanol–water partition coefficient (Wildman–Crippen LogP) is 1.17. The Morgan fingerprint density at radius 3 is 2.53 bits per heavy atom. The molecule has 4 nitrogen and oxygen atoms in total. The smallest absolute Gasteiger partial charge is 0.281 e. The maximum atomic E-state index is 11.5. The maximum absolute atomic E-state index is 11.5. The third-order valence-electron chi connectivity index (χ3n) is 2.37. The van der Waals surface area contributed by atoms with Gasteiger partial charge in [-0.25, -0.2) is 0 Å². The first kappa shape index (κ1) is 12.4. The maximum Gasteiger partial charge on any atom is 0.281 e. The quantitative estimate of drug-likeness (QED) is 0.792. The van der Waals surface area contributed by atoms with Crippen LogP contribution in [0.1, 0.15) is 13.8 Å². The van der Waals surface area contributed by atoms with Gasteiger partial charge in [-0.15, -0.1) is 0 Å². The van der Waals surface area contributed by atoms with Crippen LogP contribution in [0.5, 0.6) is 0 Å². The van der Waals surface area contributed by atoms with Crippen LogP contribution in [0.15, 0.2) is 0 Å². The van der Waals surface area contributed by atoms with Crippen LogP contribution in [0.2, 0.25) is 0 Å². The van der Waals surface area contributed by atoms with Crippen LogP contribution in [-0.2, 0) is 4.79 Å². The number of rotatable bonds is 3. The molecule has 0 spiro atoms. The zero-order valence-electron chi connectivity index (χ0n) is 9.45. The van der Waals surface area contributed by atoms with Crippen molar-refractivity contribution in [2.75, 3.05) is 25.9 Å². The minimum Gasteiger partial charge on any atom is -0.355 e. The van der Waals surface area contributed by atoms with Gasteiger partial charge in [-0.3, -0.25) is 9.59 Å². The lowest BCUT2D eigenvalue weighted by atomic mass is 10.00. The van der Waals surface area contributed by atoms with Gasteiger partial charge in [0, 0.05) is 19.6 Å². The van der Waals surface area contributed by atoms with Gasteiger partial charge < -0.3 is 10.2 Å². The van der Waals surface area contributed by atoms with Gasteiger partial charge in [-0.1, -0.05) is 25.6 Å². The summed E-state index contributed by atoms with van der Waals surface area (Å²) in [6, 6.07) is 0. The number of hydrogen-bond acceptors (Lipinski definition) is 3. The Morgan fingerprint density at radius 1 is 1.47 bits per heavy atom. The van der Waals surface area contributed by atoms with Crippen molar-refractivity contribution in [3.63, 3.8) is 0 Å². The summed E-state index contributed by atoms with van der Waals surface area (Å²) in [5.74, 6) is 0.548. The van der Waals surface area contributed by atoms with Crippen LogP contribution in [0.3, 0.4) is 0 Å². The Balaban J connectivity index is 2.20. The largest absolute Gasteiger partial charge is 0.355 e. The van der Waals surface area contributed by atoms with Gasteiger partial charge in [0.2, 0.25) is 5.91 Å². The second-order valence-electron chi connectivity index (χ2n) is 4.21. The summed E-state index contributed by atoms with van der Waals surface area (Å²) in [6.45, 7) is 5.98. The highest BCUT2D eigenvalue weighted by molar-refractivity contribution is 8.12. The summed E-state index contributed by atoms with van der Waals surface area (Å²) in [5.41, 5.74) is 0. The summed E-state index contributed by atoms with van der Waals surface area (Å²) in [7, 11) is 0. The normalized spacial score (nSPS) is 16.4. The average Bonchev–Trinajstić information content (AvgIpc) is 2.11. The number of hydrogen-bond donors (Lipinski definition) is 1. The van der Waals surface area contributed by atoms with Crippen LogP contribution in [-0.4, -0.2) is 41.9 Å². The molecule has 1 heterocycles. The van der Waals surface area contributed by atoms with Gasteiger partial charge >= 0.3 is 0 Å². The fourth-order valence-corrected chi connectivity index (χ4v) is 1.78. The molecule has 1 saturated heterocycles. The Hall–Kier alpha value is -0.710. The highest BCUT2D eigenvalue weighted by Gasteiger charge is 2.35. The first-order valence-electron chi connectivity index (χ1n) is 5.15. The topological polar surface area (TPSA) is 49.4 Å². The van der Waals surface area contributed by atoms with E-state index < -0.39 is 0 Å². The summed E-state index contributed by atoms with van der Waals surface area (Å²) >= 11 is 1.20. The Morgan fingerprint density at radius 2 is 2.07 bits per heavy atom. The molecular formula is C10H18N2O2S. The minimum atomic E-state index is -0.000139. The van der Waals surface area contributed by atoms with Crippen molar-refractivity contribution in [2.45, 2.75) is 13.8 Å². The standard InChI is InChI=1S/C10H18N2O2S/c1-7(2)4-11-9(13)8-5-12(6-8)10(14)15-3/h7-8H,4-6H2,1-3H3,(H,11,13). The highest BCUT2D eigenvalue weighted by Crippen LogP contribution is 2.19. The first-order chi connectivity index (χ1) is 7.04. The van der Waals surface area contributed by atoms with Crippen molar-refractivity contribution in [1.82, 2.24) is 10.2 Å². The van der Waals surface area contributed by atoms with Crippen LogP contribution >= 0.6 is 11.8 Å². The van der Waals surface area contributed by atoms with Gasteiger partial charge in [0.25, 0.3) is 5.24 Å². The fraction of sp³-hybridized carbons (Fsp3) is 0.800. The van der Waals surface area contributed by atoms with Crippen molar-refractivity contribution >= 4 is 22.9 Å². The van der Waals surface area contributed by atoms with Crippen molar-refractivity contribution in [1.29, 1.82) is 0 Å². The highest BCUT2D eigenvalue weighted by atomic mass is 32.2. The second-order valence-corrected chi connectivity index (χ2v) is 4.97. The number of likely N-dealkylation sites (tertiary alicyclic amines) is 1. The van der Waals surface area contributed by atoms with E-state index in [1.165, 1.54) is 11.8 Å². The van der Waals surface area contributed by atoms with E-state index in [9.17, 15) is 9.59 Å². The molecule has 0 saturated carbocycles. The molecule has 5 heteroatoms. The van der Waals surface area contributed by atoms with Gasteiger partial charge in [0.1, 0.15) is 0 Å². The van der Waals surface area contributed by atoms with E-state index in [1.807, 2.05) is 0 Å². The van der Waals surface area contributed by atoms with Crippen LogP contribution in [0.4, 0.5) is 4.79 Å². The van der Waals surface area contributed by atoms with Crippen LogP contribution in [0, 0.1) is 11.8 Å². The van der Waals surface area contributed by atoms with Crippen LogP contribution in [0.25, 0.3) is 0 Å². The van der Waals surface area contributed by atoms with E-state index in [1.54, 1.807) is 11.2 Å². The summed E-state index contributed by atoms with van der Waals surface area (Å²) in [6.07, 6.45) is 1.76. The van der Waals surface area contributed by atoms with Crippen molar-refractivity contribution < 1.29 is 9.59 Å². The third kappa shape index (κ3) is 3.41. The predicted molar refractivity (Wildman–Crippen MR) is 61.8 cm³/mol. The molecule has 0 radical (unpaired) electrons. The molecule has 1 rings (SSSR count). The number of carbonyl (C=O) groups is 2. The molecule has 15 heavy (non-hydrogen) atoms. The number of carbonyl (C=O) groups excluding carboxylic acids is 2. The number of nitrogens with one attached hydrogen (secondary N) is 1. The molecular weight excluding hydrogens is 212 g/mol. The van der Waals surface area contributed by atoms with Gasteiger partial charge in [-0.2, -0.15) is 0 Å². The number of thioether (sulfide) groups is 1. The van der Waals surface area contributed by atoms with Crippen LogP contribution < -0.4 is 5.32 Å². The lowest BCUT2D eigenvalue weighted by Gasteiger charge is -2.37. The summed E-state index contributed by atoms with van der Waals surface area (Å²) < 4.78 is 0. The molecule has 1 aliphatic heterocycles. The van der Waals surface area contributed by atoms with E-state index in [0.29, 0.717) is 25.6 Å². The molecule has 86 valence electrons. The molecule has 1 aliphatic rings. The fourth-order valence-electron chi connectivity index (χ4n) is 1.37. The Bertz CT molecular complexity index is 250. The molecule has 0 atom stereocenters. The number of amides is 2.